The van der Waals surface area contributed by atoms with Crippen molar-refractivity contribution in [3.63, 3.8) is 0 Å². The smallest absolute Gasteiger partial charge is 0.0821 e. The summed E-state index contributed by atoms with van der Waals surface area (Å²) in [6, 6.07) is 10.2. The fourth-order valence-corrected chi connectivity index (χ4v) is 2.43. The molecule has 19 heavy (non-hydrogen) atoms. The van der Waals surface area contributed by atoms with Crippen molar-refractivity contribution in [1.82, 2.24) is 4.90 Å². The molecule has 1 aliphatic heterocycles. The Morgan fingerprint density at radius 3 is 2.84 bits per heavy atom. The van der Waals surface area contributed by atoms with Crippen LogP contribution in [0.1, 0.15) is 12.5 Å². The Labute approximate surface area is 115 Å². The molecule has 1 fully saturated rings. The zero-order chi connectivity index (χ0) is 13.7. The van der Waals surface area contributed by atoms with Crippen LogP contribution in [0.3, 0.4) is 0 Å². The van der Waals surface area contributed by atoms with Gasteiger partial charge in [0.2, 0.25) is 0 Å². The van der Waals surface area contributed by atoms with Gasteiger partial charge in [0.05, 0.1) is 19.3 Å². The summed E-state index contributed by atoms with van der Waals surface area (Å²) < 4.78 is 5.40. The van der Waals surface area contributed by atoms with Gasteiger partial charge < -0.3 is 15.6 Å². The van der Waals surface area contributed by atoms with Crippen LogP contribution in [-0.4, -0.2) is 54.5 Å². The number of nitrogens with zero attached hydrogens (tertiary/aromatic N) is 1. The van der Waals surface area contributed by atoms with Crippen LogP contribution in [0.2, 0.25) is 0 Å². The van der Waals surface area contributed by atoms with E-state index in [0.29, 0.717) is 19.0 Å². The second kappa shape index (κ2) is 7.01. The normalized spacial score (nSPS) is 24.1. The van der Waals surface area contributed by atoms with Gasteiger partial charge >= 0.3 is 0 Å². The molecule has 0 amide bonds. The molecule has 0 saturated carbocycles. The van der Waals surface area contributed by atoms with Gasteiger partial charge in [0.1, 0.15) is 0 Å². The molecule has 4 heteroatoms. The maximum absolute atomic E-state index is 10.2. The second-order valence-electron chi connectivity index (χ2n) is 5.34. The molecule has 106 valence electrons. The van der Waals surface area contributed by atoms with Gasteiger partial charge in [0.25, 0.3) is 0 Å². The van der Waals surface area contributed by atoms with Crippen molar-refractivity contribution >= 4 is 0 Å². The van der Waals surface area contributed by atoms with E-state index in [0.717, 1.165) is 19.8 Å². The largest absolute Gasteiger partial charge is 0.390 e. The molecule has 4 nitrogen and oxygen atoms in total. The summed E-state index contributed by atoms with van der Waals surface area (Å²) in [7, 11) is 0. The predicted molar refractivity (Wildman–Crippen MR) is 76.0 cm³/mol. The highest BCUT2D eigenvalue weighted by atomic mass is 16.5. The van der Waals surface area contributed by atoms with Crippen molar-refractivity contribution in [2.24, 2.45) is 5.73 Å². The van der Waals surface area contributed by atoms with Crippen LogP contribution in [0.15, 0.2) is 30.3 Å². The van der Waals surface area contributed by atoms with E-state index in [9.17, 15) is 5.11 Å². The number of aliphatic hydroxyl groups is 1. The van der Waals surface area contributed by atoms with Gasteiger partial charge in [-0.1, -0.05) is 30.3 Å². The molecule has 1 heterocycles. The number of rotatable bonds is 5. The first kappa shape index (κ1) is 14.5. The van der Waals surface area contributed by atoms with E-state index in [1.807, 2.05) is 30.3 Å². The monoisotopic (exact) mass is 264 g/mol. The molecular weight excluding hydrogens is 240 g/mol. The van der Waals surface area contributed by atoms with Gasteiger partial charge in [-0.15, -0.1) is 0 Å². The fraction of sp³-hybridized carbons (Fsp3) is 0.600. The lowest BCUT2D eigenvalue weighted by Gasteiger charge is -2.35. The molecule has 1 aromatic carbocycles. The van der Waals surface area contributed by atoms with E-state index in [1.54, 1.807) is 0 Å². The maximum Gasteiger partial charge on any atom is 0.0821 e. The van der Waals surface area contributed by atoms with Crippen molar-refractivity contribution in [3.05, 3.63) is 35.9 Å². The fourth-order valence-electron chi connectivity index (χ4n) is 2.43. The predicted octanol–water partition coefficient (Wildman–Crippen LogP) is 0.638. The minimum atomic E-state index is -0.499. The van der Waals surface area contributed by atoms with Crippen LogP contribution in [-0.2, 0) is 11.2 Å². The first-order valence-corrected chi connectivity index (χ1v) is 6.96. The first-order chi connectivity index (χ1) is 9.16. The molecule has 2 rings (SSSR count). The highest BCUT2D eigenvalue weighted by molar-refractivity contribution is 5.16. The lowest BCUT2D eigenvalue weighted by molar-refractivity contribution is -0.0235. The van der Waals surface area contributed by atoms with E-state index in [2.05, 4.69) is 11.8 Å². The molecule has 3 unspecified atom stereocenters. The number of benzene rings is 1. The zero-order valence-electron chi connectivity index (χ0n) is 11.5. The Balaban J connectivity index is 1.83. The number of nitrogens with two attached hydrogens (primary N) is 1. The van der Waals surface area contributed by atoms with Gasteiger partial charge in [0.15, 0.2) is 0 Å². The Kier molecular flexibility index (Phi) is 5.34. The summed E-state index contributed by atoms with van der Waals surface area (Å²) in [6.07, 6.45) is 0.210. The van der Waals surface area contributed by atoms with Gasteiger partial charge in [-0.05, 0) is 18.9 Å². The number of morpholine rings is 1. The zero-order valence-corrected chi connectivity index (χ0v) is 11.5. The second-order valence-corrected chi connectivity index (χ2v) is 5.34. The average Bonchev–Trinajstić information content (AvgIpc) is 2.42. The minimum absolute atomic E-state index is 0.225. The van der Waals surface area contributed by atoms with Crippen LogP contribution >= 0.6 is 0 Å². The molecule has 0 spiro atoms. The third-order valence-electron chi connectivity index (χ3n) is 3.74. The van der Waals surface area contributed by atoms with E-state index in [-0.39, 0.29) is 6.04 Å². The summed E-state index contributed by atoms with van der Waals surface area (Å²) in [5, 5.41) is 10.2. The average molecular weight is 264 g/mol. The first-order valence-electron chi connectivity index (χ1n) is 6.96. The quantitative estimate of drug-likeness (QED) is 0.819. The molecular formula is C15H24N2O2. The lowest BCUT2D eigenvalue weighted by atomic mass is 10.0. The van der Waals surface area contributed by atoms with Gasteiger partial charge in [-0.2, -0.15) is 0 Å². The molecule has 1 saturated heterocycles. The topological polar surface area (TPSA) is 58.7 Å². The number of hydrogen-bond donors (Lipinski definition) is 2. The molecule has 1 aliphatic rings. The Bertz CT molecular complexity index is 372. The molecule has 0 bridgehead atoms. The van der Waals surface area contributed by atoms with Gasteiger partial charge in [0, 0.05) is 25.2 Å². The van der Waals surface area contributed by atoms with E-state index < -0.39 is 6.10 Å². The summed E-state index contributed by atoms with van der Waals surface area (Å²) >= 11 is 0. The highest BCUT2D eigenvalue weighted by Gasteiger charge is 2.24. The van der Waals surface area contributed by atoms with Crippen molar-refractivity contribution in [2.75, 3.05) is 26.3 Å². The number of ether oxygens (including phenoxy) is 1. The number of aliphatic hydroxyl groups excluding tert-OH is 1. The lowest BCUT2D eigenvalue weighted by Crippen LogP contribution is -2.51. The van der Waals surface area contributed by atoms with Gasteiger partial charge in [-0.3, -0.25) is 4.90 Å². The standard InChI is InChI=1S/C15H24N2O2/c1-12-11-19-8-7-17(12)10-15(18)14(16)9-13-5-3-2-4-6-13/h2-6,12,14-15,18H,7-11,16H2,1H3. The number of hydrogen-bond acceptors (Lipinski definition) is 4. The highest BCUT2D eigenvalue weighted by Crippen LogP contribution is 2.10. The summed E-state index contributed by atoms with van der Waals surface area (Å²) in [5.41, 5.74) is 7.27. The third kappa shape index (κ3) is 4.28. The Hall–Kier alpha value is -0.940. The van der Waals surface area contributed by atoms with Gasteiger partial charge in [-0.25, -0.2) is 0 Å². The van der Waals surface area contributed by atoms with Crippen molar-refractivity contribution < 1.29 is 9.84 Å². The summed E-state index contributed by atoms with van der Waals surface area (Å²) in [5.74, 6) is 0. The van der Waals surface area contributed by atoms with Crippen LogP contribution in [0, 0.1) is 0 Å². The van der Waals surface area contributed by atoms with Crippen LogP contribution < -0.4 is 5.73 Å². The van der Waals surface area contributed by atoms with E-state index in [4.69, 9.17) is 10.5 Å². The molecule has 0 radical (unpaired) electrons. The maximum atomic E-state index is 10.2. The van der Waals surface area contributed by atoms with Crippen molar-refractivity contribution in [3.8, 4) is 0 Å². The summed E-state index contributed by atoms with van der Waals surface area (Å²) in [4.78, 5) is 2.25. The third-order valence-corrected chi connectivity index (χ3v) is 3.74. The SMILES string of the molecule is CC1COCCN1CC(O)C(N)Cc1ccccc1. The van der Waals surface area contributed by atoms with E-state index in [1.165, 1.54) is 5.56 Å². The molecule has 0 aliphatic carbocycles. The Morgan fingerprint density at radius 2 is 2.16 bits per heavy atom. The Morgan fingerprint density at radius 1 is 1.42 bits per heavy atom. The summed E-state index contributed by atoms with van der Waals surface area (Å²) in [6.45, 7) is 5.09. The van der Waals surface area contributed by atoms with Crippen LogP contribution in [0.25, 0.3) is 0 Å². The molecule has 3 atom stereocenters. The molecule has 0 aromatic heterocycles. The number of β-amino-alcohol motifs (C(OH)–C–C–N with tert-alkyl or cyclic N) is 1. The molecule has 1 aromatic rings. The van der Waals surface area contributed by atoms with E-state index >= 15 is 0 Å². The minimum Gasteiger partial charge on any atom is -0.390 e. The van der Waals surface area contributed by atoms with Crippen LogP contribution in [0.4, 0.5) is 0 Å². The van der Waals surface area contributed by atoms with Crippen molar-refractivity contribution in [2.45, 2.75) is 31.5 Å². The van der Waals surface area contributed by atoms with Crippen molar-refractivity contribution in [1.29, 1.82) is 0 Å². The van der Waals surface area contributed by atoms with Crippen LogP contribution in [0.5, 0.6) is 0 Å². The molecule has 3 N–H and O–H groups in total.